The van der Waals surface area contributed by atoms with Crippen LogP contribution in [-0.4, -0.2) is 11.7 Å². The van der Waals surface area contributed by atoms with Crippen molar-refractivity contribution in [3.05, 3.63) is 59.2 Å². The van der Waals surface area contributed by atoms with Gasteiger partial charge in [0, 0.05) is 6.54 Å². The summed E-state index contributed by atoms with van der Waals surface area (Å²) in [4.78, 5) is 0. The molecule has 0 fully saturated rings. The molecule has 2 aromatic carbocycles. The molecule has 0 unspecified atom stereocenters. The van der Waals surface area contributed by atoms with Gasteiger partial charge in [-0.2, -0.15) is 0 Å². The van der Waals surface area contributed by atoms with Gasteiger partial charge in [-0.1, -0.05) is 19.1 Å². The topological polar surface area (TPSA) is 41.5 Å². The standard InChI is InChI=1S/C16H17F2NO2/c1-2-19-9-12-7-14(17)16(15(18)8-12)21-13-5-3-4-11(6-13)10-20/h3-8,19-20H,2,9-10H2,1H3. The summed E-state index contributed by atoms with van der Waals surface area (Å²) in [7, 11) is 0. The number of nitrogens with one attached hydrogen (secondary N) is 1. The van der Waals surface area contributed by atoms with E-state index in [1.54, 1.807) is 18.2 Å². The smallest absolute Gasteiger partial charge is 0.198 e. The lowest BCUT2D eigenvalue weighted by atomic mass is 10.2. The van der Waals surface area contributed by atoms with Crippen LogP contribution in [0.4, 0.5) is 8.78 Å². The number of aliphatic hydroxyl groups excluding tert-OH is 1. The number of halogens is 2. The molecule has 2 N–H and O–H groups in total. The van der Waals surface area contributed by atoms with Crippen molar-refractivity contribution >= 4 is 0 Å². The van der Waals surface area contributed by atoms with Gasteiger partial charge >= 0.3 is 0 Å². The molecule has 21 heavy (non-hydrogen) atoms. The SMILES string of the molecule is CCNCc1cc(F)c(Oc2cccc(CO)c2)c(F)c1. The zero-order valence-electron chi connectivity index (χ0n) is 11.7. The van der Waals surface area contributed by atoms with Gasteiger partial charge in [0.2, 0.25) is 0 Å². The summed E-state index contributed by atoms with van der Waals surface area (Å²) in [5.74, 6) is -1.67. The molecule has 0 saturated heterocycles. The van der Waals surface area contributed by atoms with Gasteiger partial charge in [-0.3, -0.25) is 0 Å². The molecule has 0 radical (unpaired) electrons. The van der Waals surface area contributed by atoms with Gasteiger partial charge in [-0.05, 0) is 41.9 Å². The highest BCUT2D eigenvalue weighted by atomic mass is 19.1. The van der Waals surface area contributed by atoms with Crippen LogP contribution in [0.15, 0.2) is 36.4 Å². The van der Waals surface area contributed by atoms with Crippen LogP contribution in [0.2, 0.25) is 0 Å². The highest BCUT2D eigenvalue weighted by Gasteiger charge is 2.13. The average molecular weight is 293 g/mol. The summed E-state index contributed by atoms with van der Waals surface area (Å²) in [5.41, 5.74) is 1.13. The quantitative estimate of drug-likeness (QED) is 0.858. The first kappa shape index (κ1) is 15.4. The second-order valence-electron chi connectivity index (χ2n) is 4.58. The Kier molecular flexibility index (Phi) is 5.25. The van der Waals surface area contributed by atoms with Crippen LogP contribution in [-0.2, 0) is 13.2 Å². The van der Waals surface area contributed by atoms with Crippen LogP contribution < -0.4 is 10.1 Å². The molecule has 0 aromatic heterocycles. The highest BCUT2D eigenvalue weighted by molar-refractivity contribution is 5.37. The lowest BCUT2D eigenvalue weighted by Crippen LogP contribution is -2.12. The summed E-state index contributed by atoms with van der Waals surface area (Å²) in [6, 6.07) is 8.94. The fourth-order valence-corrected chi connectivity index (χ4v) is 1.91. The molecule has 0 aliphatic carbocycles. The molecule has 2 aromatic rings. The normalized spacial score (nSPS) is 10.7. The Morgan fingerprint density at radius 2 is 1.81 bits per heavy atom. The van der Waals surface area contributed by atoms with Crippen molar-refractivity contribution in [2.75, 3.05) is 6.54 Å². The van der Waals surface area contributed by atoms with Gasteiger partial charge in [0.15, 0.2) is 17.4 Å². The Morgan fingerprint density at radius 1 is 1.10 bits per heavy atom. The van der Waals surface area contributed by atoms with Crippen molar-refractivity contribution in [2.24, 2.45) is 0 Å². The second-order valence-corrected chi connectivity index (χ2v) is 4.58. The minimum Gasteiger partial charge on any atom is -0.451 e. The minimum absolute atomic E-state index is 0.163. The molecule has 112 valence electrons. The number of benzene rings is 2. The molecule has 0 bridgehead atoms. The molecule has 0 amide bonds. The Balaban J connectivity index is 2.23. The van der Waals surface area contributed by atoms with E-state index in [1.807, 2.05) is 6.92 Å². The van der Waals surface area contributed by atoms with Crippen LogP contribution in [0, 0.1) is 11.6 Å². The third-order valence-corrected chi connectivity index (χ3v) is 2.94. The number of hydrogen-bond acceptors (Lipinski definition) is 3. The van der Waals surface area contributed by atoms with Crippen molar-refractivity contribution in [1.82, 2.24) is 5.32 Å². The molecule has 0 saturated carbocycles. The maximum atomic E-state index is 14.0. The molecule has 2 rings (SSSR count). The van der Waals surface area contributed by atoms with Gasteiger partial charge in [0.1, 0.15) is 5.75 Å². The molecular formula is C16H17F2NO2. The molecule has 0 aliphatic heterocycles. The van der Waals surface area contributed by atoms with Crippen molar-refractivity contribution in [2.45, 2.75) is 20.1 Å². The Hall–Kier alpha value is -1.98. The van der Waals surface area contributed by atoms with Crippen LogP contribution >= 0.6 is 0 Å². The molecule has 3 nitrogen and oxygen atoms in total. The van der Waals surface area contributed by atoms with Crippen molar-refractivity contribution in [1.29, 1.82) is 0 Å². The maximum absolute atomic E-state index is 14.0. The zero-order chi connectivity index (χ0) is 15.2. The monoisotopic (exact) mass is 293 g/mol. The molecule has 0 heterocycles. The Bertz CT molecular complexity index is 594. The van der Waals surface area contributed by atoms with Crippen LogP contribution in [0.3, 0.4) is 0 Å². The molecule has 5 heteroatoms. The summed E-state index contributed by atoms with van der Waals surface area (Å²) >= 11 is 0. The third-order valence-electron chi connectivity index (χ3n) is 2.94. The largest absolute Gasteiger partial charge is 0.451 e. The minimum atomic E-state index is -0.752. The van der Waals surface area contributed by atoms with Crippen LogP contribution in [0.25, 0.3) is 0 Å². The third kappa shape index (κ3) is 4.00. The van der Waals surface area contributed by atoms with Gasteiger partial charge in [-0.25, -0.2) is 8.78 Å². The number of ether oxygens (including phenoxy) is 1. The first-order chi connectivity index (χ1) is 10.1. The molecular weight excluding hydrogens is 276 g/mol. The number of aliphatic hydroxyl groups is 1. The van der Waals surface area contributed by atoms with E-state index in [0.29, 0.717) is 17.7 Å². The fraction of sp³-hybridized carbons (Fsp3) is 0.250. The first-order valence-electron chi connectivity index (χ1n) is 6.70. The van der Waals surface area contributed by atoms with E-state index in [4.69, 9.17) is 9.84 Å². The van der Waals surface area contributed by atoms with E-state index >= 15 is 0 Å². The highest BCUT2D eigenvalue weighted by Crippen LogP contribution is 2.29. The fourth-order valence-electron chi connectivity index (χ4n) is 1.91. The van der Waals surface area contributed by atoms with Crippen molar-refractivity contribution in [3.8, 4) is 11.5 Å². The van der Waals surface area contributed by atoms with E-state index in [0.717, 1.165) is 6.54 Å². The maximum Gasteiger partial charge on any atom is 0.198 e. The predicted molar refractivity (Wildman–Crippen MR) is 76.2 cm³/mol. The van der Waals surface area contributed by atoms with Gasteiger partial charge < -0.3 is 15.2 Å². The van der Waals surface area contributed by atoms with E-state index in [9.17, 15) is 8.78 Å². The van der Waals surface area contributed by atoms with Crippen molar-refractivity contribution in [3.63, 3.8) is 0 Å². The lowest BCUT2D eigenvalue weighted by Gasteiger charge is -2.11. The average Bonchev–Trinajstić information content (AvgIpc) is 2.49. The van der Waals surface area contributed by atoms with Crippen LogP contribution in [0.1, 0.15) is 18.1 Å². The van der Waals surface area contributed by atoms with Gasteiger partial charge in [0.05, 0.1) is 6.61 Å². The summed E-state index contributed by atoms with van der Waals surface area (Å²) < 4.78 is 33.2. The van der Waals surface area contributed by atoms with Crippen LogP contribution in [0.5, 0.6) is 11.5 Å². The van der Waals surface area contributed by atoms with E-state index in [1.165, 1.54) is 18.2 Å². The summed E-state index contributed by atoms with van der Waals surface area (Å²) in [5, 5.41) is 12.0. The Morgan fingerprint density at radius 3 is 2.43 bits per heavy atom. The van der Waals surface area contributed by atoms with E-state index < -0.39 is 17.4 Å². The number of hydrogen-bond donors (Lipinski definition) is 2. The first-order valence-corrected chi connectivity index (χ1v) is 6.70. The van der Waals surface area contributed by atoms with E-state index in [-0.39, 0.29) is 12.4 Å². The second kappa shape index (κ2) is 7.15. The lowest BCUT2D eigenvalue weighted by molar-refractivity contribution is 0.281. The molecule has 0 spiro atoms. The molecule has 0 atom stereocenters. The number of rotatable bonds is 6. The van der Waals surface area contributed by atoms with Gasteiger partial charge in [0.25, 0.3) is 0 Å². The summed E-state index contributed by atoms with van der Waals surface area (Å²) in [6.07, 6.45) is 0. The van der Waals surface area contributed by atoms with E-state index in [2.05, 4.69) is 5.32 Å². The zero-order valence-corrected chi connectivity index (χ0v) is 11.7. The Labute approximate surface area is 122 Å². The summed E-state index contributed by atoms with van der Waals surface area (Å²) in [6.45, 7) is 2.86. The van der Waals surface area contributed by atoms with Gasteiger partial charge in [-0.15, -0.1) is 0 Å². The molecule has 0 aliphatic rings. The predicted octanol–water partition coefficient (Wildman–Crippen LogP) is 3.36. The van der Waals surface area contributed by atoms with Crippen molar-refractivity contribution < 1.29 is 18.6 Å².